The molecule has 0 fully saturated rings. The predicted octanol–water partition coefficient (Wildman–Crippen LogP) is 1.43. The van der Waals surface area contributed by atoms with Crippen LogP contribution in [0.4, 0.5) is 0 Å². The molecule has 0 radical (unpaired) electrons. The molecule has 0 saturated carbocycles. The van der Waals surface area contributed by atoms with Gasteiger partial charge in [0, 0.05) is 18.7 Å². The third-order valence-electron chi connectivity index (χ3n) is 3.01. The molecule has 1 unspecified atom stereocenters. The highest BCUT2D eigenvalue weighted by atomic mass is 16.1. The lowest BCUT2D eigenvalue weighted by Gasteiger charge is -2.11. The van der Waals surface area contributed by atoms with Gasteiger partial charge in [-0.2, -0.15) is 0 Å². The maximum absolute atomic E-state index is 11.9. The third kappa shape index (κ3) is 2.48. The Hall–Kier alpha value is -1.79. The smallest absolute Gasteiger partial charge is 0.252 e. The Bertz CT molecular complexity index is 474. The molecule has 0 aliphatic carbocycles. The number of benzene rings is 1. The number of amides is 1. The van der Waals surface area contributed by atoms with Gasteiger partial charge in [0.2, 0.25) is 0 Å². The monoisotopic (exact) mass is 228 g/mol. The third-order valence-corrected chi connectivity index (χ3v) is 3.01. The standard InChI is InChI=1S/C14H16N2O/c1-3-13(4-2)16-14(17)10-5-6-11-8-15-9-12(11)7-10/h1,5-7,13,15H,4,8-9H2,2H3,(H,16,17). The molecule has 0 spiro atoms. The topological polar surface area (TPSA) is 41.1 Å². The van der Waals surface area contributed by atoms with Crippen LogP contribution in [0.5, 0.6) is 0 Å². The molecule has 88 valence electrons. The molecular weight excluding hydrogens is 212 g/mol. The van der Waals surface area contributed by atoms with Crippen LogP contribution < -0.4 is 10.6 Å². The van der Waals surface area contributed by atoms with Crippen LogP contribution >= 0.6 is 0 Å². The molecule has 0 aromatic heterocycles. The van der Waals surface area contributed by atoms with Crippen LogP contribution in [0.3, 0.4) is 0 Å². The van der Waals surface area contributed by atoms with E-state index in [0.717, 1.165) is 19.5 Å². The number of fused-ring (bicyclic) bond motifs is 1. The molecule has 1 aromatic carbocycles. The van der Waals surface area contributed by atoms with Crippen molar-refractivity contribution in [3.63, 3.8) is 0 Å². The first kappa shape index (κ1) is 11.7. The van der Waals surface area contributed by atoms with Gasteiger partial charge in [0.05, 0.1) is 6.04 Å². The van der Waals surface area contributed by atoms with Crippen LogP contribution in [0.2, 0.25) is 0 Å². The summed E-state index contributed by atoms with van der Waals surface area (Å²) in [6.07, 6.45) is 6.07. The zero-order chi connectivity index (χ0) is 12.3. The number of nitrogens with one attached hydrogen (secondary N) is 2. The number of terminal acetylenes is 1. The van der Waals surface area contributed by atoms with Crippen molar-refractivity contribution in [2.75, 3.05) is 0 Å². The summed E-state index contributed by atoms with van der Waals surface area (Å²) in [7, 11) is 0. The molecule has 3 heteroatoms. The number of carbonyl (C=O) groups excluding carboxylic acids is 1. The first-order chi connectivity index (χ1) is 8.24. The molecule has 3 nitrogen and oxygen atoms in total. The molecule has 2 N–H and O–H groups in total. The Kier molecular flexibility index (Phi) is 3.46. The molecule has 1 amide bonds. The number of hydrogen-bond donors (Lipinski definition) is 2. The number of carbonyl (C=O) groups is 1. The second-order valence-corrected chi connectivity index (χ2v) is 4.19. The summed E-state index contributed by atoms with van der Waals surface area (Å²) in [5.74, 6) is 2.47. The molecule has 1 atom stereocenters. The zero-order valence-electron chi connectivity index (χ0n) is 9.92. The molecule has 0 saturated heterocycles. The average molecular weight is 228 g/mol. The average Bonchev–Trinajstić information content (AvgIpc) is 2.82. The van der Waals surface area contributed by atoms with Gasteiger partial charge in [-0.1, -0.05) is 18.9 Å². The largest absolute Gasteiger partial charge is 0.338 e. The van der Waals surface area contributed by atoms with Crippen LogP contribution in [-0.4, -0.2) is 11.9 Å². The van der Waals surface area contributed by atoms with Crippen LogP contribution in [0.1, 0.15) is 34.8 Å². The second kappa shape index (κ2) is 5.03. The fourth-order valence-electron chi connectivity index (χ4n) is 1.94. The van der Waals surface area contributed by atoms with Gasteiger partial charge in [0.1, 0.15) is 0 Å². The molecule has 1 heterocycles. The van der Waals surface area contributed by atoms with Crippen molar-refractivity contribution in [3.8, 4) is 12.3 Å². The summed E-state index contributed by atoms with van der Waals surface area (Å²) in [6.45, 7) is 3.68. The zero-order valence-corrected chi connectivity index (χ0v) is 9.92. The summed E-state index contributed by atoms with van der Waals surface area (Å²) < 4.78 is 0. The van der Waals surface area contributed by atoms with E-state index in [9.17, 15) is 4.79 Å². The van der Waals surface area contributed by atoms with E-state index < -0.39 is 0 Å². The molecule has 2 rings (SSSR count). The normalized spacial score (nSPS) is 14.8. The van der Waals surface area contributed by atoms with Crippen molar-refractivity contribution in [3.05, 3.63) is 34.9 Å². The van der Waals surface area contributed by atoms with Gasteiger partial charge in [-0.3, -0.25) is 4.79 Å². The van der Waals surface area contributed by atoms with Crippen molar-refractivity contribution in [2.24, 2.45) is 0 Å². The van der Waals surface area contributed by atoms with Gasteiger partial charge in [0.25, 0.3) is 5.91 Å². The lowest BCUT2D eigenvalue weighted by Crippen LogP contribution is -2.33. The molecule has 1 aromatic rings. The highest BCUT2D eigenvalue weighted by molar-refractivity contribution is 5.94. The first-order valence-electron chi connectivity index (χ1n) is 5.84. The maximum atomic E-state index is 11.9. The Morgan fingerprint density at radius 2 is 2.29 bits per heavy atom. The summed E-state index contributed by atoms with van der Waals surface area (Å²) in [5, 5.41) is 6.08. The van der Waals surface area contributed by atoms with E-state index in [4.69, 9.17) is 6.42 Å². The van der Waals surface area contributed by atoms with E-state index in [-0.39, 0.29) is 11.9 Å². The van der Waals surface area contributed by atoms with Crippen molar-refractivity contribution in [2.45, 2.75) is 32.5 Å². The van der Waals surface area contributed by atoms with Gasteiger partial charge >= 0.3 is 0 Å². The number of rotatable bonds is 3. The maximum Gasteiger partial charge on any atom is 0.252 e. The van der Waals surface area contributed by atoms with Crippen molar-refractivity contribution in [1.29, 1.82) is 0 Å². The second-order valence-electron chi connectivity index (χ2n) is 4.19. The van der Waals surface area contributed by atoms with Gasteiger partial charge in [-0.05, 0) is 29.7 Å². The van der Waals surface area contributed by atoms with Crippen molar-refractivity contribution < 1.29 is 4.79 Å². The van der Waals surface area contributed by atoms with Crippen LogP contribution in [-0.2, 0) is 13.1 Å². The summed E-state index contributed by atoms with van der Waals surface area (Å²) in [6, 6.07) is 5.60. The van der Waals surface area contributed by atoms with Crippen LogP contribution in [0, 0.1) is 12.3 Å². The van der Waals surface area contributed by atoms with E-state index >= 15 is 0 Å². The van der Waals surface area contributed by atoms with E-state index in [2.05, 4.69) is 16.6 Å². The first-order valence-corrected chi connectivity index (χ1v) is 5.84. The molecule has 17 heavy (non-hydrogen) atoms. The van der Waals surface area contributed by atoms with Gasteiger partial charge in [-0.15, -0.1) is 6.42 Å². The molecule has 1 aliphatic rings. The van der Waals surface area contributed by atoms with Gasteiger partial charge in [0.15, 0.2) is 0 Å². The minimum Gasteiger partial charge on any atom is -0.338 e. The van der Waals surface area contributed by atoms with Crippen LogP contribution in [0.15, 0.2) is 18.2 Å². The highest BCUT2D eigenvalue weighted by Gasteiger charge is 2.14. The minimum atomic E-state index is -0.186. The predicted molar refractivity (Wildman–Crippen MR) is 67.4 cm³/mol. The lowest BCUT2D eigenvalue weighted by atomic mass is 10.1. The fraction of sp³-hybridized carbons (Fsp3) is 0.357. The van der Waals surface area contributed by atoms with Gasteiger partial charge < -0.3 is 10.6 Å². The Morgan fingerprint density at radius 1 is 1.53 bits per heavy atom. The van der Waals surface area contributed by atoms with E-state index in [1.807, 2.05) is 25.1 Å². The molecule has 0 bridgehead atoms. The van der Waals surface area contributed by atoms with Crippen molar-refractivity contribution in [1.82, 2.24) is 10.6 Å². The SMILES string of the molecule is C#CC(CC)NC(=O)c1ccc2c(c1)CNC2. The Balaban J connectivity index is 2.12. The van der Waals surface area contributed by atoms with E-state index in [1.165, 1.54) is 11.1 Å². The molecular formula is C14H16N2O. The summed E-state index contributed by atoms with van der Waals surface area (Å²) in [4.78, 5) is 11.9. The lowest BCUT2D eigenvalue weighted by molar-refractivity contribution is 0.0945. The van der Waals surface area contributed by atoms with E-state index in [1.54, 1.807) is 0 Å². The van der Waals surface area contributed by atoms with Gasteiger partial charge in [-0.25, -0.2) is 0 Å². The number of hydrogen-bond acceptors (Lipinski definition) is 2. The summed E-state index contributed by atoms with van der Waals surface area (Å²) >= 11 is 0. The van der Waals surface area contributed by atoms with E-state index in [0.29, 0.717) is 5.56 Å². The quantitative estimate of drug-likeness (QED) is 0.768. The Labute approximate surface area is 102 Å². The molecule has 1 aliphatic heterocycles. The fourth-order valence-corrected chi connectivity index (χ4v) is 1.94. The Morgan fingerprint density at radius 3 is 3.00 bits per heavy atom. The highest BCUT2D eigenvalue weighted by Crippen LogP contribution is 2.17. The summed E-state index contributed by atoms with van der Waals surface area (Å²) in [5.41, 5.74) is 3.15. The van der Waals surface area contributed by atoms with Crippen molar-refractivity contribution >= 4 is 5.91 Å². The van der Waals surface area contributed by atoms with Crippen LogP contribution in [0.25, 0.3) is 0 Å². The minimum absolute atomic E-state index is 0.0931.